The molecule has 0 spiro atoms. The standard InChI is InChI=1S/C6H16N2Si/c1-9-6-2-4-8-5-3-7/h8H,2-7H2,1H3. The van der Waals surface area contributed by atoms with Crippen LogP contribution in [0.1, 0.15) is 6.42 Å². The molecule has 0 aliphatic carbocycles. The van der Waals surface area contributed by atoms with E-state index in [1.165, 1.54) is 12.5 Å². The predicted octanol–water partition coefficient (Wildman–Crippen LogP) is 0.0954. The second kappa shape index (κ2) is 8.14. The number of hydrogen-bond donors (Lipinski definition) is 2. The first-order valence-corrected chi connectivity index (χ1v) is 5.18. The molecule has 0 aliphatic rings. The summed E-state index contributed by atoms with van der Waals surface area (Å²) in [6, 6.07) is 1.36. The number of hydrogen-bond acceptors (Lipinski definition) is 2. The Bertz CT molecular complexity index is 44.3. The van der Waals surface area contributed by atoms with Crippen LogP contribution in [0.25, 0.3) is 0 Å². The van der Waals surface area contributed by atoms with Gasteiger partial charge in [-0.15, -0.1) is 0 Å². The molecule has 3 heteroatoms. The number of rotatable bonds is 6. The zero-order valence-electron chi connectivity index (χ0n) is 6.11. The van der Waals surface area contributed by atoms with E-state index in [0.717, 1.165) is 29.2 Å². The van der Waals surface area contributed by atoms with Crippen molar-refractivity contribution in [2.24, 2.45) is 5.73 Å². The monoisotopic (exact) mass is 144 g/mol. The summed E-state index contributed by atoms with van der Waals surface area (Å²) in [5, 5.41) is 3.25. The van der Waals surface area contributed by atoms with Crippen LogP contribution in [0.5, 0.6) is 0 Å². The lowest BCUT2D eigenvalue weighted by Gasteiger charge is -1.99. The summed E-state index contributed by atoms with van der Waals surface area (Å²) in [4.78, 5) is 0. The molecule has 0 aromatic heterocycles. The Morgan fingerprint density at radius 1 is 1.44 bits per heavy atom. The van der Waals surface area contributed by atoms with E-state index in [-0.39, 0.29) is 0 Å². The van der Waals surface area contributed by atoms with Gasteiger partial charge in [0.25, 0.3) is 0 Å². The molecule has 0 unspecified atom stereocenters. The fourth-order valence-corrected chi connectivity index (χ4v) is 1.15. The van der Waals surface area contributed by atoms with Crippen molar-refractivity contribution in [1.29, 1.82) is 0 Å². The van der Waals surface area contributed by atoms with Gasteiger partial charge in [0.1, 0.15) is 0 Å². The molecule has 0 fully saturated rings. The van der Waals surface area contributed by atoms with E-state index in [1.807, 2.05) is 0 Å². The Kier molecular flexibility index (Phi) is 8.26. The Hall–Kier alpha value is 0.137. The average molecular weight is 144 g/mol. The lowest BCUT2D eigenvalue weighted by atomic mass is 10.5. The third-order valence-electron chi connectivity index (χ3n) is 1.10. The van der Waals surface area contributed by atoms with Crippen LogP contribution in [0.2, 0.25) is 12.6 Å². The van der Waals surface area contributed by atoms with E-state index >= 15 is 0 Å². The summed E-state index contributed by atoms with van der Waals surface area (Å²) in [6.45, 7) is 5.10. The van der Waals surface area contributed by atoms with Crippen LogP contribution in [-0.2, 0) is 0 Å². The normalized spacial score (nSPS) is 10.0. The molecule has 0 saturated carbocycles. The smallest absolute Gasteiger partial charge is 0.0343 e. The van der Waals surface area contributed by atoms with Crippen molar-refractivity contribution in [3.63, 3.8) is 0 Å². The van der Waals surface area contributed by atoms with Gasteiger partial charge in [-0.2, -0.15) is 0 Å². The van der Waals surface area contributed by atoms with Crippen molar-refractivity contribution in [3.05, 3.63) is 0 Å². The van der Waals surface area contributed by atoms with E-state index in [0.29, 0.717) is 0 Å². The molecule has 0 amide bonds. The molecule has 0 rings (SSSR count). The largest absolute Gasteiger partial charge is 0.329 e. The van der Waals surface area contributed by atoms with Crippen LogP contribution >= 0.6 is 0 Å². The molecule has 0 atom stereocenters. The summed E-state index contributed by atoms with van der Waals surface area (Å²) in [7, 11) is 1.10. The second-order valence-corrected chi connectivity index (χ2v) is 3.20. The Morgan fingerprint density at radius 2 is 2.22 bits per heavy atom. The van der Waals surface area contributed by atoms with Crippen molar-refractivity contribution in [2.45, 2.75) is 19.0 Å². The first-order chi connectivity index (χ1) is 4.41. The van der Waals surface area contributed by atoms with Gasteiger partial charge in [0.15, 0.2) is 0 Å². The zero-order chi connectivity index (χ0) is 6.95. The quantitative estimate of drug-likeness (QED) is 0.410. The first kappa shape index (κ1) is 9.14. The van der Waals surface area contributed by atoms with Crippen molar-refractivity contribution in [2.75, 3.05) is 19.6 Å². The number of nitrogens with two attached hydrogens (primary N) is 1. The predicted molar refractivity (Wildman–Crippen MR) is 43.0 cm³/mol. The lowest BCUT2D eigenvalue weighted by molar-refractivity contribution is 0.677. The third kappa shape index (κ3) is 8.14. The van der Waals surface area contributed by atoms with Gasteiger partial charge in [0.05, 0.1) is 0 Å². The van der Waals surface area contributed by atoms with E-state index in [9.17, 15) is 0 Å². The van der Waals surface area contributed by atoms with Crippen LogP contribution < -0.4 is 11.1 Å². The van der Waals surface area contributed by atoms with Crippen LogP contribution in [-0.4, -0.2) is 29.2 Å². The van der Waals surface area contributed by atoms with E-state index in [1.54, 1.807) is 0 Å². The van der Waals surface area contributed by atoms with Crippen LogP contribution in [0.3, 0.4) is 0 Å². The fraction of sp³-hybridized carbons (Fsp3) is 1.00. The third-order valence-corrected chi connectivity index (χ3v) is 1.95. The Morgan fingerprint density at radius 3 is 2.78 bits per heavy atom. The average Bonchev–Trinajstić information content (AvgIpc) is 1.89. The minimum atomic E-state index is 0.758. The van der Waals surface area contributed by atoms with E-state index in [4.69, 9.17) is 5.73 Å². The molecular weight excluding hydrogens is 128 g/mol. The highest BCUT2D eigenvalue weighted by molar-refractivity contribution is 6.33. The molecule has 0 aliphatic heterocycles. The van der Waals surface area contributed by atoms with Gasteiger partial charge in [0.2, 0.25) is 0 Å². The highest BCUT2D eigenvalue weighted by Gasteiger charge is 1.84. The van der Waals surface area contributed by atoms with Crippen LogP contribution in [0.4, 0.5) is 0 Å². The van der Waals surface area contributed by atoms with Gasteiger partial charge >= 0.3 is 0 Å². The van der Waals surface area contributed by atoms with Crippen molar-refractivity contribution in [1.82, 2.24) is 5.32 Å². The molecule has 0 aromatic carbocycles. The molecule has 54 valence electrons. The van der Waals surface area contributed by atoms with E-state index in [2.05, 4.69) is 11.9 Å². The minimum absolute atomic E-state index is 0.758. The molecule has 0 heterocycles. The minimum Gasteiger partial charge on any atom is -0.329 e. The lowest BCUT2D eigenvalue weighted by Crippen LogP contribution is -2.23. The van der Waals surface area contributed by atoms with Crippen LogP contribution in [0, 0.1) is 0 Å². The molecule has 9 heavy (non-hydrogen) atoms. The van der Waals surface area contributed by atoms with Gasteiger partial charge in [-0.3, -0.25) is 0 Å². The SMILES string of the molecule is C[Si]CCCNCCN. The molecule has 0 aromatic rings. The van der Waals surface area contributed by atoms with Gasteiger partial charge in [-0.25, -0.2) is 0 Å². The molecule has 0 bridgehead atoms. The van der Waals surface area contributed by atoms with Gasteiger partial charge in [0, 0.05) is 22.6 Å². The topological polar surface area (TPSA) is 38.0 Å². The van der Waals surface area contributed by atoms with Crippen molar-refractivity contribution >= 4 is 9.52 Å². The Balaban J connectivity index is 2.60. The summed E-state index contributed by atoms with van der Waals surface area (Å²) >= 11 is 0. The summed E-state index contributed by atoms with van der Waals surface area (Å²) in [6.07, 6.45) is 1.30. The van der Waals surface area contributed by atoms with Gasteiger partial charge in [-0.05, 0) is 13.0 Å². The summed E-state index contributed by atoms with van der Waals surface area (Å²) in [5.74, 6) is 0. The maximum absolute atomic E-state index is 5.28. The van der Waals surface area contributed by atoms with Crippen LogP contribution in [0.15, 0.2) is 0 Å². The Labute approximate surface area is 60.0 Å². The van der Waals surface area contributed by atoms with Crippen molar-refractivity contribution < 1.29 is 0 Å². The highest BCUT2D eigenvalue weighted by atomic mass is 28.2. The molecular formula is C6H16N2Si. The van der Waals surface area contributed by atoms with E-state index < -0.39 is 0 Å². The second-order valence-electron chi connectivity index (χ2n) is 2.00. The first-order valence-electron chi connectivity index (χ1n) is 3.47. The highest BCUT2D eigenvalue weighted by Crippen LogP contribution is 1.83. The maximum atomic E-state index is 5.28. The molecule has 0 saturated heterocycles. The zero-order valence-corrected chi connectivity index (χ0v) is 7.11. The molecule has 2 radical (unpaired) electrons. The summed E-state index contributed by atoms with van der Waals surface area (Å²) < 4.78 is 0. The molecule has 2 nitrogen and oxygen atoms in total. The number of nitrogens with one attached hydrogen (secondary N) is 1. The summed E-state index contributed by atoms with van der Waals surface area (Å²) in [5.41, 5.74) is 5.28. The van der Waals surface area contributed by atoms with Gasteiger partial charge in [-0.1, -0.05) is 12.6 Å². The molecule has 3 N–H and O–H groups in total. The fourth-order valence-electron chi connectivity index (χ4n) is 0.617. The maximum Gasteiger partial charge on any atom is 0.0343 e. The van der Waals surface area contributed by atoms with Crippen molar-refractivity contribution in [3.8, 4) is 0 Å². The van der Waals surface area contributed by atoms with Gasteiger partial charge < -0.3 is 11.1 Å².